The zero-order chi connectivity index (χ0) is 19.2. The Morgan fingerprint density at radius 3 is 2.67 bits per heavy atom. The van der Waals surface area contributed by atoms with E-state index in [1.807, 2.05) is 36.1 Å². The Labute approximate surface area is 159 Å². The molecule has 0 spiro atoms. The number of carbonyl (C=O) groups excluding carboxylic acids is 2. The van der Waals surface area contributed by atoms with Crippen LogP contribution in [0.4, 0.5) is 5.69 Å². The second kappa shape index (κ2) is 8.68. The van der Waals surface area contributed by atoms with E-state index in [-0.39, 0.29) is 24.3 Å². The standard InChI is InChI=1S/C21H24N2O4/c1-3-23(12-18-14-26-19-9-4-5-10-20(19)27-18)13-21(25)22-17-8-6-7-16(11-17)15(2)24/h4-11,18H,3,12-14H2,1-2H3,(H,22,25). The van der Waals surface area contributed by atoms with Crippen molar-refractivity contribution in [3.63, 3.8) is 0 Å². The number of benzene rings is 2. The normalized spacial score (nSPS) is 15.4. The minimum Gasteiger partial charge on any atom is -0.486 e. The molecule has 1 aliphatic rings. The van der Waals surface area contributed by atoms with E-state index < -0.39 is 0 Å². The number of amides is 1. The molecular weight excluding hydrogens is 344 g/mol. The van der Waals surface area contributed by atoms with E-state index in [4.69, 9.17) is 9.47 Å². The van der Waals surface area contributed by atoms with Gasteiger partial charge in [0, 0.05) is 17.8 Å². The van der Waals surface area contributed by atoms with Gasteiger partial charge in [-0.25, -0.2) is 0 Å². The lowest BCUT2D eigenvalue weighted by molar-refractivity contribution is -0.117. The van der Waals surface area contributed by atoms with Crippen molar-refractivity contribution in [2.24, 2.45) is 0 Å². The summed E-state index contributed by atoms with van der Waals surface area (Å²) in [6, 6.07) is 14.5. The van der Waals surface area contributed by atoms with Crippen LogP contribution in [0.5, 0.6) is 11.5 Å². The Bertz CT molecular complexity index is 821. The van der Waals surface area contributed by atoms with Gasteiger partial charge < -0.3 is 14.8 Å². The number of carbonyl (C=O) groups is 2. The minimum absolute atomic E-state index is 0.0315. The van der Waals surface area contributed by atoms with Gasteiger partial charge in [0.2, 0.25) is 5.91 Å². The Morgan fingerprint density at radius 1 is 1.15 bits per heavy atom. The first-order valence-electron chi connectivity index (χ1n) is 9.07. The number of nitrogens with zero attached hydrogens (tertiary/aromatic N) is 1. The number of para-hydroxylation sites is 2. The Kier molecular flexibility index (Phi) is 6.08. The highest BCUT2D eigenvalue weighted by Crippen LogP contribution is 2.31. The third-order valence-corrected chi connectivity index (χ3v) is 4.40. The maximum absolute atomic E-state index is 12.4. The van der Waals surface area contributed by atoms with E-state index in [1.54, 1.807) is 24.3 Å². The summed E-state index contributed by atoms with van der Waals surface area (Å²) in [5.74, 6) is 1.32. The van der Waals surface area contributed by atoms with Gasteiger partial charge in [-0.05, 0) is 37.7 Å². The zero-order valence-electron chi connectivity index (χ0n) is 15.6. The fourth-order valence-corrected chi connectivity index (χ4v) is 2.97. The lowest BCUT2D eigenvalue weighted by Crippen LogP contribution is -2.43. The molecule has 1 atom stereocenters. The summed E-state index contributed by atoms with van der Waals surface area (Å²) in [6.45, 7) is 5.50. The lowest BCUT2D eigenvalue weighted by atomic mass is 10.1. The lowest BCUT2D eigenvalue weighted by Gasteiger charge is -2.30. The predicted octanol–water partition coefficient (Wildman–Crippen LogP) is 2.99. The van der Waals surface area contributed by atoms with Gasteiger partial charge in [0.1, 0.15) is 12.7 Å². The van der Waals surface area contributed by atoms with Crippen LogP contribution in [0.3, 0.4) is 0 Å². The number of hydrogen-bond acceptors (Lipinski definition) is 5. The Morgan fingerprint density at radius 2 is 1.93 bits per heavy atom. The largest absolute Gasteiger partial charge is 0.486 e. The molecule has 1 N–H and O–H groups in total. The van der Waals surface area contributed by atoms with Gasteiger partial charge in [0.15, 0.2) is 17.3 Å². The van der Waals surface area contributed by atoms with Crippen LogP contribution in [-0.4, -0.2) is 48.9 Å². The number of ether oxygens (including phenoxy) is 2. The van der Waals surface area contributed by atoms with Crippen LogP contribution in [0.1, 0.15) is 24.2 Å². The third-order valence-electron chi connectivity index (χ3n) is 4.40. The highest BCUT2D eigenvalue weighted by atomic mass is 16.6. The zero-order valence-corrected chi connectivity index (χ0v) is 15.6. The summed E-state index contributed by atoms with van der Waals surface area (Å²) in [4.78, 5) is 25.9. The molecule has 0 radical (unpaired) electrons. The van der Waals surface area contributed by atoms with Crippen molar-refractivity contribution in [2.75, 3.05) is 31.6 Å². The average Bonchev–Trinajstić information content (AvgIpc) is 2.67. The van der Waals surface area contributed by atoms with E-state index in [1.165, 1.54) is 6.92 Å². The van der Waals surface area contributed by atoms with Gasteiger partial charge in [-0.2, -0.15) is 0 Å². The summed E-state index contributed by atoms with van der Waals surface area (Å²) >= 11 is 0. The summed E-state index contributed by atoms with van der Waals surface area (Å²) in [7, 11) is 0. The van der Waals surface area contributed by atoms with E-state index in [9.17, 15) is 9.59 Å². The fourth-order valence-electron chi connectivity index (χ4n) is 2.97. The van der Waals surface area contributed by atoms with Gasteiger partial charge in [0.25, 0.3) is 0 Å². The van der Waals surface area contributed by atoms with Crippen LogP contribution in [0.25, 0.3) is 0 Å². The first-order chi connectivity index (χ1) is 13.0. The maximum atomic E-state index is 12.4. The molecule has 1 aliphatic heterocycles. The van der Waals surface area contributed by atoms with Crippen molar-refractivity contribution in [2.45, 2.75) is 20.0 Å². The molecule has 0 bridgehead atoms. The average molecular weight is 368 g/mol. The van der Waals surface area contributed by atoms with Gasteiger partial charge in [-0.3, -0.25) is 14.5 Å². The highest BCUT2D eigenvalue weighted by Gasteiger charge is 2.23. The second-order valence-corrected chi connectivity index (χ2v) is 6.51. The van der Waals surface area contributed by atoms with Crippen molar-refractivity contribution in [3.05, 3.63) is 54.1 Å². The predicted molar refractivity (Wildman–Crippen MR) is 104 cm³/mol. The van der Waals surface area contributed by atoms with E-state index in [0.29, 0.717) is 30.9 Å². The SMILES string of the molecule is CCN(CC(=O)Nc1cccc(C(C)=O)c1)CC1COc2ccccc2O1. The van der Waals surface area contributed by atoms with E-state index in [2.05, 4.69) is 5.32 Å². The summed E-state index contributed by atoms with van der Waals surface area (Å²) in [5, 5.41) is 2.85. The molecule has 1 amide bonds. The quantitative estimate of drug-likeness (QED) is 0.761. The summed E-state index contributed by atoms with van der Waals surface area (Å²) < 4.78 is 11.7. The van der Waals surface area contributed by atoms with Gasteiger partial charge in [-0.1, -0.05) is 31.2 Å². The topological polar surface area (TPSA) is 67.9 Å². The fraction of sp³-hybridized carbons (Fsp3) is 0.333. The van der Waals surface area contributed by atoms with Gasteiger partial charge in [0.05, 0.1) is 6.54 Å². The van der Waals surface area contributed by atoms with E-state index >= 15 is 0 Å². The van der Waals surface area contributed by atoms with Gasteiger partial charge >= 0.3 is 0 Å². The number of fused-ring (bicyclic) bond motifs is 1. The van der Waals surface area contributed by atoms with Crippen LogP contribution < -0.4 is 14.8 Å². The molecule has 3 rings (SSSR count). The Hall–Kier alpha value is -2.86. The van der Waals surface area contributed by atoms with E-state index in [0.717, 1.165) is 11.5 Å². The minimum atomic E-state index is -0.131. The first kappa shape index (κ1) is 18.9. The van der Waals surface area contributed by atoms with Crippen LogP contribution in [-0.2, 0) is 4.79 Å². The molecule has 6 heteroatoms. The van der Waals surface area contributed by atoms with Crippen molar-refractivity contribution < 1.29 is 19.1 Å². The maximum Gasteiger partial charge on any atom is 0.238 e. The molecule has 0 aromatic heterocycles. The van der Waals surface area contributed by atoms with Crippen molar-refractivity contribution in [1.82, 2.24) is 4.90 Å². The molecule has 0 aliphatic carbocycles. The number of hydrogen-bond donors (Lipinski definition) is 1. The number of ketones is 1. The van der Waals surface area contributed by atoms with Crippen molar-refractivity contribution in [3.8, 4) is 11.5 Å². The number of rotatable bonds is 7. The Balaban J connectivity index is 1.55. The molecular formula is C21H24N2O4. The monoisotopic (exact) mass is 368 g/mol. The molecule has 1 unspecified atom stereocenters. The first-order valence-corrected chi connectivity index (χ1v) is 9.07. The number of nitrogens with one attached hydrogen (secondary N) is 1. The number of likely N-dealkylation sites (N-methyl/N-ethyl adjacent to an activating group) is 1. The smallest absolute Gasteiger partial charge is 0.238 e. The van der Waals surface area contributed by atoms with Crippen molar-refractivity contribution >= 4 is 17.4 Å². The molecule has 1 heterocycles. The number of anilines is 1. The molecule has 6 nitrogen and oxygen atoms in total. The number of Topliss-reactive ketones (excluding diaryl/α,β-unsaturated/α-hetero) is 1. The van der Waals surface area contributed by atoms with Crippen LogP contribution in [0.2, 0.25) is 0 Å². The molecule has 0 saturated heterocycles. The molecule has 142 valence electrons. The van der Waals surface area contributed by atoms with Crippen molar-refractivity contribution in [1.29, 1.82) is 0 Å². The molecule has 2 aromatic carbocycles. The molecule has 2 aromatic rings. The van der Waals surface area contributed by atoms with Crippen LogP contribution in [0.15, 0.2) is 48.5 Å². The molecule has 0 fully saturated rings. The highest BCUT2D eigenvalue weighted by molar-refractivity contribution is 5.97. The third kappa shape index (κ3) is 5.08. The van der Waals surface area contributed by atoms with Gasteiger partial charge in [-0.15, -0.1) is 0 Å². The summed E-state index contributed by atoms with van der Waals surface area (Å²) in [5.41, 5.74) is 1.20. The van der Waals surface area contributed by atoms with Crippen LogP contribution >= 0.6 is 0 Å². The molecule has 27 heavy (non-hydrogen) atoms. The second-order valence-electron chi connectivity index (χ2n) is 6.51. The summed E-state index contributed by atoms with van der Waals surface area (Å²) in [6.07, 6.45) is -0.131. The molecule has 0 saturated carbocycles. The van der Waals surface area contributed by atoms with Crippen LogP contribution in [0, 0.1) is 0 Å².